The molecule has 2 heterocycles. The van der Waals surface area contributed by atoms with Crippen molar-refractivity contribution in [3.63, 3.8) is 0 Å². The third-order valence-corrected chi connectivity index (χ3v) is 3.90. The number of carbonyl (C=O) groups is 1. The molecule has 0 radical (unpaired) electrons. The van der Waals surface area contributed by atoms with Gasteiger partial charge in [0, 0.05) is 39.3 Å². The van der Waals surface area contributed by atoms with Gasteiger partial charge in [-0.15, -0.1) is 0 Å². The molecule has 19 heavy (non-hydrogen) atoms. The molecule has 2 fully saturated rings. The first-order valence-corrected chi connectivity index (χ1v) is 7.11. The molecule has 6 heteroatoms. The molecule has 110 valence electrons. The lowest BCUT2D eigenvalue weighted by atomic mass is 10.1. The predicted molar refractivity (Wildman–Crippen MR) is 71.9 cm³/mol. The second kappa shape index (κ2) is 6.65. The zero-order valence-electron chi connectivity index (χ0n) is 11.8. The number of hydrogen-bond acceptors (Lipinski definition) is 5. The van der Waals surface area contributed by atoms with Gasteiger partial charge in [0.1, 0.15) is 0 Å². The molecule has 0 spiro atoms. The molecule has 0 saturated carbocycles. The van der Waals surface area contributed by atoms with Gasteiger partial charge >= 0.3 is 0 Å². The first-order valence-electron chi connectivity index (χ1n) is 7.11. The van der Waals surface area contributed by atoms with E-state index in [0.29, 0.717) is 13.1 Å². The predicted octanol–water partition coefficient (Wildman–Crippen LogP) is -1.11. The molecule has 0 aliphatic carbocycles. The van der Waals surface area contributed by atoms with E-state index < -0.39 is 0 Å². The zero-order valence-corrected chi connectivity index (χ0v) is 11.8. The number of aliphatic hydroxyl groups is 1. The Morgan fingerprint density at radius 2 is 2.11 bits per heavy atom. The average molecular weight is 271 g/mol. The Balaban J connectivity index is 1.93. The number of amides is 1. The number of rotatable bonds is 3. The number of nitrogens with zero attached hydrogens (tertiary/aromatic N) is 2. The van der Waals surface area contributed by atoms with Crippen LogP contribution in [-0.2, 0) is 9.53 Å². The first kappa shape index (κ1) is 14.7. The summed E-state index contributed by atoms with van der Waals surface area (Å²) in [6, 6.07) is -0.0910. The Bertz CT molecular complexity index is 308. The van der Waals surface area contributed by atoms with Crippen LogP contribution in [0.15, 0.2) is 0 Å². The number of aliphatic hydroxyl groups excluding tert-OH is 1. The number of ether oxygens (including phenoxy) is 1. The number of piperazine rings is 1. The van der Waals surface area contributed by atoms with Crippen LogP contribution in [0.25, 0.3) is 0 Å². The van der Waals surface area contributed by atoms with E-state index in [-0.39, 0.29) is 30.8 Å². The van der Waals surface area contributed by atoms with E-state index in [1.54, 1.807) is 0 Å². The molecule has 2 aliphatic heterocycles. The maximum absolute atomic E-state index is 12.5. The van der Waals surface area contributed by atoms with Crippen LogP contribution in [0.5, 0.6) is 0 Å². The van der Waals surface area contributed by atoms with Gasteiger partial charge in [-0.3, -0.25) is 9.69 Å². The van der Waals surface area contributed by atoms with Crippen molar-refractivity contribution in [1.82, 2.24) is 15.1 Å². The average Bonchev–Trinajstić information content (AvgIpc) is 2.46. The van der Waals surface area contributed by atoms with Gasteiger partial charge in [-0.25, -0.2) is 0 Å². The number of morpholine rings is 1. The highest BCUT2D eigenvalue weighted by Gasteiger charge is 2.32. The molecule has 2 saturated heterocycles. The summed E-state index contributed by atoms with van der Waals surface area (Å²) in [5.41, 5.74) is 0. The van der Waals surface area contributed by atoms with Crippen molar-refractivity contribution in [3.8, 4) is 0 Å². The fourth-order valence-corrected chi connectivity index (χ4v) is 2.82. The Kier molecular flexibility index (Phi) is 5.15. The van der Waals surface area contributed by atoms with Gasteiger partial charge in [-0.2, -0.15) is 0 Å². The van der Waals surface area contributed by atoms with Crippen LogP contribution in [0.2, 0.25) is 0 Å². The van der Waals surface area contributed by atoms with Gasteiger partial charge in [-0.05, 0) is 13.8 Å². The molecule has 2 rings (SSSR count). The van der Waals surface area contributed by atoms with Crippen molar-refractivity contribution < 1.29 is 14.6 Å². The molecule has 0 aromatic carbocycles. The third kappa shape index (κ3) is 3.66. The van der Waals surface area contributed by atoms with Crippen LogP contribution >= 0.6 is 0 Å². The van der Waals surface area contributed by atoms with Crippen molar-refractivity contribution in [2.45, 2.75) is 32.1 Å². The first-order chi connectivity index (χ1) is 9.11. The summed E-state index contributed by atoms with van der Waals surface area (Å²) in [6.45, 7) is 8.70. The zero-order chi connectivity index (χ0) is 13.8. The molecular formula is C13H25N3O3. The van der Waals surface area contributed by atoms with Crippen LogP contribution in [-0.4, -0.2) is 84.9 Å². The fraction of sp³-hybridized carbons (Fsp3) is 0.923. The topological polar surface area (TPSA) is 65.0 Å². The summed E-state index contributed by atoms with van der Waals surface area (Å²) in [5, 5.41) is 12.5. The quantitative estimate of drug-likeness (QED) is 0.681. The molecule has 2 N–H and O–H groups in total. The lowest BCUT2D eigenvalue weighted by Gasteiger charge is -2.40. The van der Waals surface area contributed by atoms with E-state index in [1.165, 1.54) is 0 Å². The number of carbonyl (C=O) groups excluding carboxylic acids is 1. The maximum Gasteiger partial charge on any atom is 0.239 e. The fourth-order valence-electron chi connectivity index (χ4n) is 2.82. The van der Waals surface area contributed by atoms with Gasteiger partial charge in [0.15, 0.2) is 0 Å². The number of hydrogen-bond donors (Lipinski definition) is 2. The van der Waals surface area contributed by atoms with Crippen LogP contribution in [0.3, 0.4) is 0 Å². The van der Waals surface area contributed by atoms with Gasteiger partial charge < -0.3 is 20.1 Å². The van der Waals surface area contributed by atoms with Crippen molar-refractivity contribution in [3.05, 3.63) is 0 Å². The highest BCUT2D eigenvalue weighted by Crippen LogP contribution is 2.14. The van der Waals surface area contributed by atoms with Crippen LogP contribution in [0, 0.1) is 0 Å². The molecular weight excluding hydrogens is 246 g/mol. The molecule has 2 aliphatic rings. The van der Waals surface area contributed by atoms with Crippen molar-refractivity contribution in [2.75, 3.05) is 45.9 Å². The van der Waals surface area contributed by atoms with Crippen LogP contribution in [0.1, 0.15) is 13.8 Å². The molecule has 0 aromatic heterocycles. The molecule has 3 unspecified atom stereocenters. The summed E-state index contributed by atoms with van der Waals surface area (Å²) in [5.74, 6) is 0.149. The summed E-state index contributed by atoms with van der Waals surface area (Å²) in [4.78, 5) is 16.6. The molecule has 1 amide bonds. The van der Waals surface area contributed by atoms with E-state index in [1.807, 2.05) is 18.7 Å². The molecule has 6 nitrogen and oxygen atoms in total. The second-order valence-corrected chi connectivity index (χ2v) is 5.46. The van der Waals surface area contributed by atoms with Crippen molar-refractivity contribution in [1.29, 1.82) is 0 Å². The summed E-state index contributed by atoms with van der Waals surface area (Å²) in [6.07, 6.45) is -0.256. The lowest BCUT2D eigenvalue weighted by Crippen LogP contribution is -2.57. The van der Waals surface area contributed by atoms with E-state index in [4.69, 9.17) is 4.74 Å². The summed E-state index contributed by atoms with van der Waals surface area (Å²) in [7, 11) is 0. The van der Waals surface area contributed by atoms with Gasteiger partial charge in [0.25, 0.3) is 0 Å². The normalized spacial score (nSPS) is 31.2. The Morgan fingerprint density at radius 1 is 1.42 bits per heavy atom. The van der Waals surface area contributed by atoms with Crippen molar-refractivity contribution in [2.24, 2.45) is 0 Å². The van der Waals surface area contributed by atoms with Gasteiger partial charge in [-0.1, -0.05) is 0 Å². The van der Waals surface area contributed by atoms with Crippen LogP contribution in [0.4, 0.5) is 0 Å². The SMILES string of the molecule is CC1CN(C(=O)C(C)N2CCNCC2)CC(CO)O1. The Hall–Kier alpha value is -0.690. The summed E-state index contributed by atoms with van der Waals surface area (Å²) < 4.78 is 5.57. The minimum atomic E-state index is -0.247. The smallest absolute Gasteiger partial charge is 0.239 e. The highest BCUT2D eigenvalue weighted by molar-refractivity contribution is 5.81. The van der Waals surface area contributed by atoms with E-state index >= 15 is 0 Å². The van der Waals surface area contributed by atoms with Crippen molar-refractivity contribution >= 4 is 5.91 Å². The molecule has 0 bridgehead atoms. The minimum Gasteiger partial charge on any atom is -0.394 e. The van der Waals surface area contributed by atoms with Gasteiger partial charge in [0.05, 0.1) is 24.9 Å². The second-order valence-electron chi connectivity index (χ2n) is 5.46. The van der Waals surface area contributed by atoms with E-state index in [0.717, 1.165) is 26.2 Å². The summed E-state index contributed by atoms with van der Waals surface area (Å²) >= 11 is 0. The van der Waals surface area contributed by atoms with E-state index in [2.05, 4.69) is 10.2 Å². The molecule has 0 aromatic rings. The lowest BCUT2D eigenvalue weighted by molar-refractivity contribution is -0.152. The minimum absolute atomic E-state index is 0.00919. The molecule has 3 atom stereocenters. The Labute approximate surface area is 114 Å². The number of nitrogens with one attached hydrogen (secondary N) is 1. The third-order valence-electron chi connectivity index (χ3n) is 3.90. The van der Waals surface area contributed by atoms with E-state index in [9.17, 15) is 9.90 Å². The monoisotopic (exact) mass is 271 g/mol. The maximum atomic E-state index is 12.5. The largest absolute Gasteiger partial charge is 0.394 e. The standard InChI is InChI=1S/C13H25N3O3/c1-10-7-16(8-12(9-17)19-10)13(18)11(2)15-5-3-14-4-6-15/h10-12,14,17H,3-9H2,1-2H3. The van der Waals surface area contributed by atoms with Crippen LogP contribution < -0.4 is 5.32 Å². The van der Waals surface area contributed by atoms with Gasteiger partial charge in [0.2, 0.25) is 5.91 Å². The Morgan fingerprint density at radius 3 is 2.74 bits per heavy atom. The highest BCUT2D eigenvalue weighted by atomic mass is 16.5.